The molecule has 1 atom stereocenters. The number of halogens is 1. The fraction of sp³-hybridized carbons (Fsp3) is 0.417. The van der Waals surface area contributed by atoms with Gasteiger partial charge in [0.1, 0.15) is 0 Å². The van der Waals surface area contributed by atoms with Crippen LogP contribution in [0.25, 0.3) is 0 Å². The topological polar surface area (TPSA) is 40.5 Å². The lowest BCUT2D eigenvalue weighted by atomic mass is 9.96. The van der Waals surface area contributed by atoms with Crippen LogP contribution >= 0.6 is 12.4 Å². The Morgan fingerprint density at radius 1 is 1.31 bits per heavy atom. The van der Waals surface area contributed by atoms with Gasteiger partial charge in [-0.25, -0.2) is 0 Å². The Kier molecular flexibility index (Phi) is 6.77. The third-order valence-electron chi connectivity index (χ3n) is 2.37. The summed E-state index contributed by atoms with van der Waals surface area (Å²) in [4.78, 5) is 13.1. The molecule has 0 heterocycles. The first kappa shape index (κ1) is 14.9. The van der Waals surface area contributed by atoms with Gasteiger partial charge in [0.25, 0.3) is 0 Å². The summed E-state index contributed by atoms with van der Waals surface area (Å²) in [5, 5.41) is 9.12. The number of benzene rings is 1. The van der Waals surface area contributed by atoms with E-state index in [1.54, 1.807) is 0 Å². The van der Waals surface area contributed by atoms with Crippen molar-refractivity contribution in [3.8, 4) is 0 Å². The molecule has 16 heavy (non-hydrogen) atoms. The summed E-state index contributed by atoms with van der Waals surface area (Å²) in [5.41, 5.74) is 0.881. The fourth-order valence-electron chi connectivity index (χ4n) is 1.51. The van der Waals surface area contributed by atoms with E-state index >= 15 is 0 Å². The highest BCUT2D eigenvalue weighted by atomic mass is 35.5. The summed E-state index contributed by atoms with van der Waals surface area (Å²) in [6.07, 6.45) is 0.645. The molecular weight excluding hydrogens is 226 g/mol. The van der Waals surface area contributed by atoms with Gasteiger partial charge in [0.05, 0.1) is 5.92 Å². The van der Waals surface area contributed by atoms with Crippen molar-refractivity contribution in [3.05, 3.63) is 35.9 Å². The van der Waals surface area contributed by atoms with E-state index in [-0.39, 0.29) is 12.4 Å². The minimum atomic E-state index is -0.747. The van der Waals surface area contributed by atoms with E-state index in [1.807, 2.05) is 49.3 Å². The molecule has 0 spiro atoms. The van der Waals surface area contributed by atoms with Crippen LogP contribution < -0.4 is 0 Å². The zero-order chi connectivity index (χ0) is 11.3. The molecule has 0 aliphatic carbocycles. The van der Waals surface area contributed by atoms with Gasteiger partial charge in [-0.3, -0.25) is 4.79 Å². The molecule has 1 unspecified atom stereocenters. The molecule has 0 radical (unpaired) electrons. The van der Waals surface area contributed by atoms with E-state index in [9.17, 15) is 4.79 Å². The molecule has 1 aromatic rings. The standard InChI is InChI=1S/C12H17NO2.ClH/c1-13(2)9-8-11(12(14)15)10-6-4-3-5-7-10;/h3-7,11H,8-9H2,1-2H3,(H,14,15);1H. The first-order valence-corrected chi connectivity index (χ1v) is 5.03. The number of rotatable bonds is 5. The van der Waals surface area contributed by atoms with Gasteiger partial charge in [0.2, 0.25) is 0 Å². The van der Waals surface area contributed by atoms with Gasteiger partial charge in [-0.05, 0) is 32.6 Å². The number of carboxylic acid groups (broad SMARTS) is 1. The SMILES string of the molecule is CN(C)CCC(C(=O)O)c1ccccc1.Cl. The maximum Gasteiger partial charge on any atom is 0.311 e. The first-order chi connectivity index (χ1) is 7.11. The summed E-state index contributed by atoms with van der Waals surface area (Å²) in [7, 11) is 3.90. The lowest BCUT2D eigenvalue weighted by Gasteiger charge is -2.15. The van der Waals surface area contributed by atoms with Crippen molar-refractivity contribution in [1.29, 1.82) is 0 Å². The normalized spacial score (nSPS) is 11.9. The van der Waals surface area contributed by atoms with Gasteiger partial charge in [-0.1, -0.05) is 30.3 Å². The van der Waals surface area contributed by atoms with E-state index < -0.39 is 11.9 Å². The van der Waals surface area contributed by atoms with Gasteiger partial charge in [0.15, 0.2) is 0 Å². The second kappa shape index (κ2) is 7.25. The molecule has 0 aromatic heterocycles. The molecule has 0 amide bonds. The van der Waals surface area contributed by atoms with Gasteiger partial charge < -0.3 is 10.0 Å². The van der Waals surface area contributed by atoms with Crippen molar-refractivity contribution in [2.75, 3.05) is 20.6 Å². The highest BCUT2D eigenvalue weighted by Crippen LogP contribution is 2.19. The molecule has 0 saturated carbocycles. The highest BCUT2D eigenvalue weighted by molar-refractivity contribution is 5.85. The van der Waals surface area contributed by atoms with Crippen LogP contribution in [-0.2, 0) is 4.79 Å². The number of hydrogen-bond acceptors (Lipinski definition) is 2. The summed E-state index contributed by atoms with van der Waals surface area (Å²) in [6, 6.07) is 9.39. The number of aliphatic carboxylic acids is 1. The number of carbonyl (C=O) groups is 1. The molecule has 90 valence electrons. The molecule has 0 aliphatic rings. The minimum Gasteiger partial charge on any atom is -0.481 e. The summed E-state index contributed by atoms with van der Waals surface area (Å²) in [5.74, 6) is -1.14. The highest BCUT2D eigenvalue weighted by Gasteiger charge is 2.18. The second-order valence-corrected chi connectivity index (χ2v) is 3.89. The monoisotopic (exact) mass is 243 g/mol. The second-order valence-electron chi connectivity index (χ2n) is 3.89. The smallest absolute Gasteiger partial charge is 0.311 e. The Balaban J connectivity index is 0.00000225. The van der Waals surface area contributed by atoms with Crippen molar-refractivity contribution in [2.24, 2.45) is 0 Å². The van der Waals surface area contributed by atoms with Crippen molar-refractivity contribution in [3.63, 3.8) is 0 Å². The van der Waals surface area contributed by atoms with Crippen molar-refractivity contribution < 1.29 is 9.90 Å². The van der Waals surface area contributed by atoms with E-state index in [0.29, 0.717) is 6.42 Å². The Morgan fingerprint density at radius 3 is 2.31 bits per heavy atom. The molecule has 1 N–H and O–H groups in total. The number of carboxylic acids is 1. The Hall–Kier alpha value is -1.06. The van der Waals surface area contributed by atoms with E-state index in [4.69, 9.17) is 5.11 Å². The fourth-order valence-corrected chi connectivity index (χ4v) is 1.51. The van der Waals surface area contributed by atoms with Crippen LogP contribution in [0.2, 0.25) is 0 Å². The third kappa shape index (κ3) is 4.64. The van der Waals surface area contributed by atoms with Gasteiger partial charge in [-0.2, -0.15) is 0 Å². The maximum atomic E-state index is 11.1. The van der Waals surface area contributed by atoms with Crippen LogP contribution in [0.4, 0.5) is 0 Å². The average Bonchev–Trinajstić information content (AvgIpc) is 2.18. The van der Waals surface area contributed by atoms with Crippen LogP contribution in [-0.4, -0.2) is 36.6 Å². The Bertz CT molecular complexity index is 314. The van der Waals surface area contributed by atoms with Crippen LogP contribution in [0.3, 0.4) is 0 Å². The summed E-state index contributed by atoms with van der Waals surface area (Å²) in [6.45, 7) is 0.784. The van der Waals surface area contributed by atoms with Gasteiger partial charge in [0, 0.05) is 0 Å². The zero-order valence-electron chi connectivity index (χ0n) is 9.59. The summed E-state index contributed by atoms with van der Waals surface area (Å²) < 4.78 is 0. The zero-order valence-corrected chi connectivity index (χ0v) is 10.4. The molecule has 0 bridgehead atoms. The lowest BCUT2D eigenvalue weighted by molar-refractivity contribution is -0.139. The van der Waals surface area contributed by atoms with Crippen molar-refractivity contribution in [2.45, 2.75) is 12.3 Å². The molecule has 0 fully saturated rings. The van der Waals surface area contributed by atoms with Crippen LogP contribution in [0.1, 0.15) is 17.9 Å². The minimum absolute atomic E-state index is 0. The van der Waals surface area contributed by atoms with E-state index in [2.05, 4.69) is 0 Å². The van der Waals surface area contributed by atoms with E-state index in [1.165, 1.54) is 0 Å². The molecule has 3 nitrogen and oxygen atoms in total. The van der Waals surface area contributed by atoms with Gasteiger partial charge >= 0.3 is 5.97 Å². The molecule has 4 heteroatoms. The van der Waals surface area contributed by atoms with Crippen molar-refractivity contribution >= 4 is 18.4 Å². The number of nitrogens with zero attached hydrogens (tertiary/aromatic N) is 1. The molecule has 1 aromatic carbocycles. The van der Waals surface area contributed by atoms with Crippen molar-refractivity contribution in [1.82, 2.24) is 4.90 Å². The predicted octanol–water partition coefficient (Wildman–Crippen LogP) is 2.23. The molecular formula is C12H18ClNO2. The quantitative estimate of drug-likeness (QED) is 0.862. The Labute approximate surface area is 102 Å². The van der Waals surface area contributed by atoms with Crippen LogP contribution in [0.15, 0.2) is 30.3 Å². The van der Waals surface area contributed by atoms with Gasteiger partial charge in [-0.15, -0.1) is 12.4 Å². The lowest BCUT2D eigenvalue weighted by Crippen LogP contribution is -2.20. The van der Waals surface area contributed by atoms with Crippen LogP contribution in [0.5, 0.6) is 0 Å². The summed E-state index contributed by atoms with van der Waals surface area (Å²) >= 11 is 0. The number of hydrogen-bond donors (Lipinski definition) is 1. The molecule has 1 rings (SSSR count). The molecule has 0 aliphatic heterocycles. The first-order valence-electron chi connectivity index (χ1n) is 5.03. The molecule has 0 saturated heterocycles. The maximum absolute atomic E-state index is 11.1. The van der Waals surface area contributed by atoms with E-state index in [0.717, 1.165) is 12.1 Å². The third-order valence-corrected chi connectivity index (χ3v) is 2.37. The predicted molar refractivity (Wildman–Crippen MR) is 67.2 cm³/mol. The van der Waals surface area contributed by atoms with Crippen LogP contribution in [0, 0.1) is 0 Å². The average molecular weight is 244 g/mol. The largest absolute Gasteiger partial charge is 0.481 e. The Morgan fingerprint density at radius 2 is 1.88 bits per heavy atom.